The highest BCUT2D eigenvalue weighted by Crippen LogP contribution is 2.73. The molecule has 12 bridgehead atoms. The Kier molecular flexibility index (Phi) is 27.6. The number of quaternary nitrogens is 3. The summed E-state index contributed by atoms with van der Waals surface area (Å²) in [4.78, 5) is 11.7. The van der Waals surface area contributed by atoms with Crippen LogP contribution in [0.2, 0.25) is 0 Å². The molecule has 149 heavy (non-hydrogen) atoms. The molecule has 6 spiro atoms. The first kappa shape index (κ1) is 106. The van der Waals surface area contributed by atoms with Crippen molar-refractivity contribution in [3.05, 3.63) is 152 Å². The minimum absolute atomic E-state index is 0. The summed E-state index contributed by atoms with van der Waals surface area (Å²) >= 11 is 0. The number of hydrogen-bond acceptors (Lipinski definition) is 25. The Morgan fingerprint density at radius 3 is 1.10 bits per heavy atom. The second kappa shape index (κ2) is 38.7. The first-order chi connectivity index (χ1) is 70.6. The van der Waals surface area contributed by atoms with E-state index < -0.39 is 33.2 Å². The zero-order chi connectivity index (χ0) is 101. The third kappa shape index (κ3) is 14.1. The lowest BCUT2D eigenvalue weighted by Crippen LogP contribution is -3.19. The van der Waals surface area contributed by atoms with Crippen molar-refractivity contribution in [1.82, 2.24) is 14.7 Å². The van der Waals surface area contributed by atoms with Gasteiger partial charge in [-0.2, -0.15) is 0 Å². The molecule has 9 N–H and O–H groups in total. The molecule has 12 aliphatic heterocycles. The number of aromatic hydroxyl groups is 2. The van der Waals surface area contributed by atoms with E-state index in [1.54, 1.807) is 45.5 Å². The molecule has 0 amide bonds. The first-order valence-electron chi connectivity index (χ1n) is 56.0. The number of aliphatic hydroxyl groups is 4. The van der Waals surface area contributed by atoms with Gasteiger partial charge in [0, 0.05) is 141 Å². The summed E-state index contributed by atoms with van der Waals surface area (Å²) in [5.41, 5.74) is 10.9. The van der Waals surface area contributed by atoms with Crippen LogP contribution in [0.3, 0.4) is 0 Å². The summed E-state index contributed by atoms with van der Waals surface area (Å²) in [5.74, 6) is 9.80. The van der Waals surface area contributed by atoms with Gasteiger partial charge in [0.1, 0.15) is 66.0 Å². The molecule has 814 valence electrons. The van der Waals surface area contributed by atoms with E-state index in [1.807, 2.05) is 52.0 Å². The molecular formula is C118H159Cl3N6O22. The van der Waals surface area contributed by atoms with Crippen molar-refractivity contribution < 1.29 is 158 Å². The maximum Gasteiger partial charge on any atom is 0.166 e. The first-order valence-corrected chi connectivity index (χ1v) is 56.0. The molecule has 11 fully saturated rings. The average Bonchev–Trinajstić information content (AvgIpc) is 1.52. The lowest BCUT2D eigenvalue weighted by atomic mass is 9.48. The van der Waals surface area contributed by atoms with Crippen LogP contribution in [0.15, 0.2) is 84.9 Å². The maximum absolute atomic E-state index is 12.0. The predicted octanol–water partition coefficient (Wildman–Crippen LogP) is -0.994. The zero-order valence-electron chi connectivity index (χ0n) is 89.9. The van der Waals surface area contributed by atoms with Gasteiger partial charge in [0.2, 0.25) is 0 Å². The zero-order valence-corrected chi connectivity index (χ0v) is 92.1. The van der Waals surface area contributed by atoms with Crippen LogP contribution in [0.1, 0.15) is 211 Å². The van der Waals surface area contributed by atoms with Gasteiger partial charge in [-0.3, -0.25) is 0 Å². The topological polar surface area (TPSA) is 292 Å². The molecule has 6 aromatic carbocycles. The van der Waals surface area contributed by atoms with Crippen molar-refractivity contribution in [3.63, 3.8) is 0 Å². The van der Waals surface area contributed by atoms with Crippen LogP contribution in [-0.2, 0) is 99.4 Å². The predicted molar refractivity (Wildman–Crippen MR) is 545 cm³/mol. The van der Waals surface area contributed by atoms with Gasteiger partial charge in [0.25, 0.3) is 0 Å². The molecule has 33 atom stereocenters. The van der Waals surface area contributed by atoms with Gasteiger partial charge in [0.15, 0.2) is 69.0 Å². The Labute approximate surface area is 896 Å². The number of benzene rings is 6. The Morgan fingerprint density at radius 1 is 0.329 bits per heavy atom. The minimum atomic E-state index is -0.815. The van der Waals surface area contributed by atoms with Crippen LogP contribution in [0.25, 0.3) is 0 Å². The van der Waals surface area contributed by atoms with Crippen molar-refractivity contribution in [2.45, 2.75) is 347 Å². The highest BCUT2D eigenvalue weighted by atomic mass is 35.5. The van der Waals surface area contributed by atoms with Crippen molar-refractivity contribution in [2.24, 2.45) is 11.8 Å². The SMILES string of the molecule is CCO[C@H]1C=CC2C3Cc4ccc(OC)c5c4[C@@]2(CC[NH+]3C)C1O5.CCO[C@H]1CCC2C3Cc4ccc(OC)c5c4[C@@]2(CCN3C)C1O5.CCO[C@H]1CC[C@@]2(O)C3Cc4ccc(O)c5c4[C@@]2(CCN3C)C1O5.CCO[C@H]1CC[C@@]2(O)C3Cc4ccc(O)c5c4[C@@]2(CC[NH+]3C)C1O5.CCO[C@H]1CC[C@@]2(O)C3Cc4ccc(OC)c5c4[C@@]2(CCN3C)C1O5.CCO[C@H]1CC[C@@]2(O)C3Cc4ccc(OC)c5c4[C@@]2(CC[NH+]3C)C1O5.[Cl-].[Cl-].[Cl-]. The fraction of sp³-hybridized carbons (Fsp3) is 0.678. The standard InChI is InChI=1S/2C20H27NO4.C20H27NO3.C20H25NO3.2C19H25NO4.3ClH/c2*1-4-24-14-7-8-20(22)15-11-12-5-6-13(23-3)17-16(12)19(20,18(14)25-17)9-10-21(15)2;2*1-4-23-16-8-6-13-14-11-12-5-7-15(22-3)18-17(12)20(13,19(16)24-18)9-10-21(14)2;2*1-3-23-13-6-7-19(22)14-10-11-4-5-12(21)16-15(11)18(19,17(13)24-16)8-9-20(14)2;;;/h2*5-6,14-15,18,22H,4,7-11H2,1-3H3;5,7,13-14,16,19H,4,6,8-11H2,1-3H3;5-8,13-14,16,19H,4,9-11H2,1-3H3;2*4-5,13-14,17,21-22H,3,6-10H2,1-2H3;3*1H/t2*14-,15?,18?,19-,20+;2*13?,14?,16-,19?,20-;2*13-,14?,17?,18-,19+;;;/m000000.../s1. The number of likely N-dealkylation sites (N-methyl/N-ethyl adjacent to an activating group) is 6. The van der Waals surface area contributed by atoms with Crippen molar-refractivity contribution in [2.75, 3.05) is 150 Å². The molecule has 5 saturated carbocycles. The Hall–Kier alpha value is -7.11. The molecule has 0 radical (unpaired) electrons. The Morgan fingerprint density at radius 2 is 0.671 bits per heavy atom. The number of nitrogens with one attached hydrogen (secondary N) is 3. The third-order valence-electron chi connectivity index (χ3n) is 42.9. The minimum Gasteiger partial charge on any atom is -1.00 e. The van der Waals surface area contributed by atoms with Gasteiger partial charge in [-0.25, -0.2) is 0 Å². The number of phenols is 2. The van der Waals surface area contributed by atoms with E-state index in [1.165, 1.54) is 84.8 Å². The van der Waals surface area contributed by atoms with Crippen LogP contribution in [-0.4, -0.2) is 327 Å². The van der Waals surface area contributed by atoms with Gasteiger partial charge in [-0.15, -0.1) is 0 Å². The van der Waals surface area contributed by atoms with E-state index >= 15 is 0 Å². The number of piperidine rings is 6. The number of nitrogens with zero attached hydrogens (tertiary/aromatic N) is 3. The largest absolute Gasteiger partial charge is 1.00 e. The number of rotatable bonds is 16. The number of likely N-dealkylation sites (tertiary alicyclic amines) is 6. The Balaban J connectivity index is 0.000000101. The quantitative estimate of drug-likeness (QED) is 0.0526. The Bertz CT molecular complexity index is 5870. The summed E-state index contributed by atoms with van der Waals surface area (Å²) < 4.78 is 97.9. The monoisotopic (exact) mass is 2120 g/mol. The second-order valence-corrected chi connectivity index (χ2v) is 47.7. The summed E-state index contributed by atoms with van der Waals surface area (Å²) in [6, 6.07) is 26.5. The molecule has 30 rings (SSSR count). The highest BCUT2D eigenvalue weighted by Gasteiger charge is 2.80. The lowest BCUT2D eigenvalue weighted by Gasteiger charge is -2.63. The van der Waals surface area contributed by atoms with Crippen LogP contribution in [0.4, 0.5) is 0 Å². The van der Waals surface area contributed by atoms with Gasteiger partial charge < -0.3 is 173 Å². The van der Waals surface area contributed by atoms with Crippen LogP contribution < -0.4 is 99.3 Å². The van der Waals surface area contributed by atoms with E-state index in [9.17, 15) is 30.6 Å². The molecule has 24 aliphatic rings. The summed E-state index contributed by atoms with van der Waals surface area (Å²) in [5, 5.41) is 68.7. The van der Waals surface area contributed by atoms with E-state index in [2.05, 4.69) is 119 Å². The molecule has 12 aliphatic carbocycles. The summed E-state index contributed by atoms with van der Waals surface area (Å²) in [6.45, 7) is 22.7. The van der Waals surface area contributed by atoms with Gasteiger partial charge in [0.05, 0.1) is 144 Å². The van der Waals surface area contributed by atoms with Crippen molar-refractivity contribution in [1.29, 1.82) is 0 Å². The highest BCUT2D eigenvalue weighted by molar-refractivity contribution is 5.69. The van der Waals surface area contributed by atoms with Crippen LogP contribution >= 0.6 is 0 Å². The maximum atomic E-state index is 12.0. The molecule has 28 nitrogen and oxygen atoms in total. The molecule has 17 unspecified atom stereocenters. The number of hydrogen-bond donors (Lipinski definition) is 9. The molecular weight excluding hydrogens is 1960 g/mol. The fourth-order valence-electron chi connectivity index (χ4n) is 37.1. The van der Waals surface area contributed by atoms with E-state index in [-0.39, 0.29) is 168 Å². The van der Waals surface area contributed by atoms with Crippen LogP contribution in [0.5, 0.6) is 69.0 Å². The van der Waals surface area contributed by atoms with Crippen molar-refractivity contribution in [3.8, 4) is 69.0 Å². The molecule has 6 saturated heterocycles. The van der Waals surface area contributed by atoms with Gasteiger partial charge in [-0.1, -0.05) is 48.6 Å². The van der Waals surface area contributed by atoms with Gasteiger partial charge in [-0.05, 0) is 261 Å². The molecule has 6 aromatic rings. The molecule has 31 heteroatoms. The van der Waals surface area contributed by atoms with Gasteiger partial charge >= 0.3 is 0 Å². The van der Waals surface area contributed by atoms with Crippen LogP contribution in [0, 0.1) is 11.8 Å². The number of ether oxygens (including phenoxy) is 16. The number of methoxy groups -OCH3 is 4. The lowest BCUT2D eigenvalue weighted by molar-refractivity contribution is -0.924. The number of phenolic OH excluding ortho intramolecular Hbond substituents is 2. The normalized spacial score (nSPS) is 41.2. The van der Waals surface area contributed by atoms with E-state index in [0.29, 0.717) is 68.5 Å². The molecule has 12 heterocycles. The molecule has 0 aromatic heterocycles. The third-order valence-corrected chi connectivity index (χ3v) is 42.9. The second-order valence-electron chi connectivity index (χ2n) is 47.7. The summed E-state index contributed by atoms with van der Waals surface area (Å²) in [7, 11) is 20.2. The number of halogens is 3. The van der Waals surface area contributed by atoms with Crippen molar-refractivity contribution >= 4 is 0 Å². The average molecular weight is 2120 g/mol. The van der Waals surface area contributed by atoms with E-state index in [0.717, 1.165) is 225 Å². The summed E-state index contributed by atoms with van der Waals surface area (Å²) in [6.07, 6.45) is 24.8. The fourth-order valence-corrected chi connectivity index (χ4v) is 37.1. The smallest absolute Gasteiger partial charge is 0.166 e. The van der Waals surface area contributed by atoms with E-state index in [4.69, 9.17) is 75.8 Å².